The van der Waals surface area contributed by atoms with Gasteiger partial charge in [-0.3, -0.25) is 9.59 Å². The van der Waals surface area contributed by atoms with Gasteiger partial charge in [-0.15, -0.1) is 0 Å². The number of hydrogen-bond donors (Lipinski definition) is 1. The van der Waals surface area contributed by atoms with Crippen LogP contribution in [-0.2, 0) is 15.3 Å². The number of hydrogen-bond acceptors (Lipinski definition) is 6. The molecule has 2 amide bonds. The van der Waals surface area contributed by atoms with E-state index in [0.717, 1.165) is 18.6 Å². The van der Waals surface area contributed by atoms with Crippen LogP contribution in [-0.4, -0.2) is 38.7 Å². The molecule has 2 aliphatic rings. The van der Waals surface area contributed by atoms with Gasteiger partial charge in [0.05, 0.1) is 5.92 Å². The van der Waals surface area contributed by atoms with Crippen molar-refractivity contribution in [3.8, 4) is 0 Å². The Bertz CT molecular complexity index is 805. The van der Waals surface area contributed by atoms with Crippen LogP contribution in [0.4, 0.5) is 5.13 Å². The van der Waals surface area contributed by atoms with Gasteiger partial charge >= 0.3 is 0 Å². The van der Waals surface area contributed by atoms with Crippen molar-refractivity contribution in [1.29, 1.82) is 0 Å². The molecule has 8 heteroatoms. The smallest absolute Gasteiger partial charge is 0.231 e. The van der Waals surface area contributed by atoms with Gasteiger partial charge in [0.25, 0.3) is 0 Å². The number of rotatable bonds is 6. The Balaban J connectivity index is 1.29. The van der Waals surface area contributed by atoms with Crippen molar-refractivity contribution in [2.75, 3.05) is 11.9 Å². The summed E-state index contributed by atoms with van der Waals surface area (Å²) in [6.07, 6.45) is 4.80. The SMILES string of the molecule is O=C(Nc1nc(SCc2ccccc2)ns1)C1CC(=O)N(C2CCCC2)C1. The van der Waals surface area contributed by atoms with E-state index < -0.39 is 0 Å². The van der Waals surface area contributed by atoms with Crippen molar-refractivity contribution in [2.45, 2.75) is 49.1 Å². The Hall–Kier alpha value is -1.93. The lowest BCUT2D eigenvalue weighted by Crippen LogP contribution is -2.35. The number of nitrogens with one attached hydrogen (secondary N) is 1. The second-order valence-corrected chi connectivity index (χ2v) is 8.73. The molecule has 2 aromatic rings. The van der Waals surface area contributed by atoms with Crippen molar-refractivity contribution >= 4 is 40.2 Å². The molecular formula is C19H22N4O2S2. The van der Waals surface area contributed by atoms with Gasteiger partial charge in [-0.2, -0.15) is 9.36 Å². The summed E-state index contributed by atoms with van der Waals surface area (Å²) in [7, 11) is 0. The number of benzene rings is 1. The zero-order chi connectivity index (χ0) is 18.6. The summed E-state index contributed by atoms with van der Waals surface area (Å²) in [6, 6.07) is 10.5. The fourth-order valence-electron chi connectivity index (χ4n) is 3.73. The number of carbonyl (C=O) groups excluding carboxylic acids is 2. The Morgan fingerprint density at radius 2 is 2.04 bits per heavy atom. The molecule has 1 aliphatic carbocycles. The predicted molar refractivity (Wildman–Crippen MR) is 107 cm³/mol. The van der Waals surface area contributed by atoms with Crippen LogP contribution in [0.15, 0.2) is 35.5 Å². The lowest BCUT2D eigenvalue weighted by Gasteiger charge is -2.23. The number of carbonyl (C=O) groups is 2. The van der Waals surface area contributed by atoms with Gasteiger partial charge in [-0.05, 0) is 18.4 Å². The van der Waals surface area contributed by atoms with Crippen LogP contribution in [0.25, 0.3) is 0 Å². The number of aromatic nitrogens is 2. The monoisotopic (exact) mass is 402 g/mol. The third-order valence-electron chi connectivity index (χ3n) is 5.14. The second-order valence-electron chi connectivity index (χ2n) is 7.03. The third kappa shape index (κ3) is 4.50. The molecule has 1 aliphatic heterocycles. The highest BCUT2D eigenvalue weighted by atomic mass is 32.2. The fourth-order valence-corrected chi connectivity index (χ4v) is 5.23. The lowest BCUT2D eigenvalue weighted by atomic mass is 10.1. The average Bonchev–Trinajstić information content (AvgIpc) is 3.41. The number of nitrogens with zero attached hydrogens (tertiary/aromatic N) is 3. The molecule has 1 aromatic heterocycles. The molecule has 1 N–H and O–H groups in total. The van der Waals surface area contributed by atoms with Gasteiger partial charge < -0.3 is 10.2 Å². The van der Waals surface area contributed by atoms with Crippen LogP contribution in [0.5, 0.6) is 0 Å². The molecule has 0 radical (unpaired) electrons. The summed E-state index contributed by atoms with van der Waals surface area (Å²) < 4.78 is 4.31. The molecule has 1 saturated heterocycles. The minimum Gasteiger partial charge on any atom is -0.339 e. The Morgan fingerprint density at radius 1 is 1.26 bits per heavy atom. The maximum Gasteiger partial charge on any atom is 0.231 e. The Labute approximate surface area is 166 Å². The number of thioether (sulfide) groups is 1. The van der Waals surface area contributed by atoms with Crippen molar-refractivity contribution < 1.29 is 9.59 Å². The van der Waals surface area contributed by atoms with Crippen LogP contribution in [0.3, 0.4) is 0 Å². The van der Waals surface area contributed by atoms with E-state index in [2.05, 4.69) is 26.8 Å². The summed E-state index contributed by atoms with van der Waals surface area (Å²) in [5.41, 5.74) is 1.21. The highest BCUT2D eigenvalue weighted by Gasteiger charge is 2.38. The minimum absolute atomic E-state index is 0.110. The number of likely N-dealkylation sites (tertiary alicyclic amines) is 1. The topological polar surface area (TPSA) is 75.2 Å². The van der Waals surface area contributed by atoms with E-state index in [1.165, 1.54) is 29.9 Å². The molecule has 0 spiro atoms. The summed E-state index contributed by atoms with van der Waals surface area (Å²) in [5, 5.41) is 4.01. The van der Waals surface area contributed by atoms with Gasteiger partial charge in [-0.1, -0.05) is 54.9 Å². The molecule has 142 valence electrons. The molecule has 2 heterocycles. The van der Waals surface area contributed by atoms with Gasteiger partial charge in [0, 0.05) is 36.3 Å². The maximum absolute atomic E-state index is 12.6. The van der Waals surface area contributed by atoms with Crippen LogP contribution < -0.4 is 5.32 Å². The second kappa shape index (κ2) is 8.39. The molecule has 1 atom stereocenters. The summed E-state index contributed by atoms with van der Waals surface area (Å²) in [4.78, 5) is 31.1. The molecule has 4 rings (SSSR count). The molecule has 27 heavy (non-hydrogen) atoms. The molecule has 1 aromatic carbocycles. The summed E-state index contributed by atoms with van der Waals surface area (Å²) in [6.45, 7) is 0.531. The van der Waals surface area contributed by atoms with Gasteiger partial charge in [-0.25, -0.2) is 0 Å². The van der Waals surface area contributed by atoms with Crippen LogP contribution in [0, 0.1) is 5.92 Å². The molecule has 2 fully saturated rings. The van der Waals surface area contributed by atoms with Crippen molar-refractivity contribution in [2.24, 2.45) is 5.92 Å². The highest BCUT2D eigenvalue weighted by molar-refractivity contribution is 7.98. The first-order valence-electron chi connectivity index (χ1n) is 9.30. The first-order chi connectivity index (χ1) is 13.2. The maximum atomic E-state index is 12.6. The number of anilines is 1. The van der Waals surface area contributed by atoms with Crippen molar-refractivity contribution in [3.05, 3.63) is 35.9 Å². The van der Waals surface area contributed by atoms with Gasteiger partial charge in [0.15, 0.2) is 0 Å². The summed E-state index contributed by atoms with van der Waals surface area (Å²) in [5.74, 6) is 0.485. The zero-order valence-electron chi connectivity index (χ0n) is 15.0. The molecule has 1 unspecified atom stereocenters. The molecular weight excluding hydrogens is 380 g/mol. The highest BCUT2D eigenvalue weighted by Crippen LogP contribution is 2.30. The summed E-state index contributed by atoms with van der Waals surface area (Å²) >= 11 is 2.73. The Kier molecular flexibility index (Phi) is 5.73. The first kappa shape index (κ1) is 18.4. The molecule has 1 saturated carbocycles. The van der Waals surface area contributed by atoms with Gasteiger partial charge in [0.2, 0.25) is 22.1 Å². The predicted octanol–water partition coefficient (Wildman–Crippen LogP) is 3.56. The van der Waals surface area contributed by atoms with E-state index in [0.29, 0.717) is 29.3 Å². The van der Waals surface area contributed by atoms with E-state index in [4.69, 9.17) is 0 Å². The Morgan fingerprint density at radius 3 is 2.81 bits per heavy atom. The standard InChI is InChI=1S/C19H22N4O2S2/c24-16-10-14(11-23(16)15-8-4-5-9-15)17(25)20-18-21-19(22-27-18)26-12-13-6-2-1-3-7-13/h1-3,6-7,14-15H,4-5,8-12H2,(H,20,21,22,25). The average molecular weight is 403 g/mol. The normalized spacial score (nSPS) is 20.4. The van der Waals surface area contributed by atoms with E-state index in [9.17, 15) is 9.59 Å². The van der Waals surface area contributed by atoms with E-state index in [1.54, 1.807) is 11.8 Å². The van der Waals surface area contributed by atoms with Crippen molar-refractivity contribution in [3.63, 3.8) is 0 Å². The first-order valence-corrected chi connectivity index (χ1v) is 11.1. The lowest BCUT2D eigenvalue weighted by molar-refractivity contribution is -0.129. The largest absolute Gasteiger partial charge is 0.339 e. The van der Waals surface area contributed by atoms with Crippen LogP contribution >= 0.6 is 23.3 Å². The fraction of sp³-hybridized carbons (Fsp3) is 0.474. The molecule has 0 bridgehead atoms. The van der Waals surface area contributed by atoms with Gasteiger partial charge in [0.1, 0.15) is 0 Å². The van der Waals surface area contributed by atoms with E-state index in [1.807, 2.05) is 23.1 Å². The third-order valence-corrected chi connectivity index (χ3v) is 6.81. The zero-order valence-corrected chi connectivity index (χ0v) is 16.6. The van der Waals surface area contributed by atoms with E-state index in [-0.39, 0.29) is 17.7 Å². The van der Waals surface area contributed by atoms with E-state index >= 15 is 0 Å². The van der Waals surface area contributed by atoms with Crippen LogP contribution in [0.1, 0.15) is 37.7 Å². The number of amides is 2. The minimum atomic E-state index is -0.289. The van der Waals surface area contributed by atoms with Crippen molar-refractivity contribution in [1.82, 2.24) is 14.3 Å². The van der Waals surface area contributed by atoms with Crippen LogP contribution in [0.2, 0.25) is 0 Å². The molecule has 6 nitrogen and oxygen atoms in total. The quantitative estimate of drug-likeness (QED) is 0.748.